The van der Waals surface area contributed by atoms with Crippen LogP contribution in [-0.2, 0) is 12.7 Å². The molecule has 6 heteroatoms. The summed E-state index contributed by atoms with van der Waals surface area (Å²) in [5.41, 5.74) is 1.94. The summed E-state index contributed by atoms with van der Waals surface area (Å²) in [6.07, 6.45) is -4.70. The van der Waals surface area contributed by atoms with Crippen molar-refractivity contribution in [2.45, 2.75) is 19.6 Å². The number of hydrogen-bond donors (Lipinski definition) is 1. The molecule has 1 aromatic heterocycles. The van der Waals surface area contributed by atoms with Crippen molar-refractivity contribution in [2.24, 2.45) is 0 Å². The van der Waals surface area contributed by atoms with Crippen LogP contribution in [0.25, 0.3) is 11.0 Å². The normalized spacial score (nSPS) is 11.7. The van der Waals surface area contributed by atoms with Gasteiger partial charge in [0.15, 0.2) is 5.43 Å². The monoisotopic (exact) mass is 333 g/mol. The van der Waals surface area contributed by atoms with E-state index in [9.17, 15) is 18.0 Å². The number of rotatable bonds is 3. The van der Waals surface area contributed by atoms with Crippen molar-refractivity contribution >= 4 is 16.7 Å². The molecular weight excluding hydrogens is 319 g/mol. The van der Waals surface area contributed by atoms with Crippen molar-refractivity contribution < 1.29 is 17.6 Å². The molecule has 0 aliphatic rings. The van der Waals surface area contributed by atoms with Crippen molar-refractivity contribution in [1.29, 1.82) is 0 Å². The Morgan fingerprint density at radius 2 is 1.75 bits per heavy atom. The lowest BCUT2D eigenvalue weighted by Gasteiger charge is -2.09. The van der Waals surface area contributed by atoms with E-state index in [4.69, 9.17) is 4.42 Å². The van der Waals surface area contributed by atoms with Gasteiger partial charge >= 0.3 is 6.18 Å². The van der Waals surface area contributed by atoms with Gasteiger partial charge in [0.2, 0.25) is 5.76 Å². The van der Waals surface area contributed by atoms with Gasteiger partial charge < -0.3 is 9.73 Å². The molecule has 1 N–H and O–H groups in total. The lowest BCUT2D eigenvalue weighted by atomic mass is 10.1. The molecule has 0 aliphatic carbocycles. The molecule has 1 heterocycles. The summed E-state index contributed by atoms with van der Waals surface area (Å²) in [4.78, 5) is 11.8. The number of benzene rings is 2. The standard InChI is InChI=1S/C18H14F3NO2/c1-11-2-4-12(5-3-11)10-22-13-6-7-14-15(23)9-17(18(19,20)21)24-16(14)8-13/h2-9,22H,10H2,1H3. The highest BCUT2D eigenvalue weighted by Gasteiger charge is 2.34. The van der Waals surface area contributed by atoms with E-state index in [1.165, 1.54) is 12.1 Å². The molecule has 0 aliphatic heterocycles. The largest absolute Gasteiger partial charge is 0.451 e. The third-order valence-electron chi connectivity index (χ3n) is 3.63. The molecule has 24 heavy (non-hydrogen) atoms. The second kappa shape index (κ2) is 6.03. The molecule has 3 nitrogen and oxygen atoms in total. The molecule has 0 saturated carbocycles. The molecule has 0 unspecified atom stereocenters. The highest BCUT2D eigenvalue weighted by molar-refractivity contribution is 5.80. The third-order valence-corrected chi connectivity index (χ3v) is 3.63. The van der Waals surface area contributed by atoms with Crippen molar-refractivity contribution in [1.82, 2.24) is 0 Å². The minimum absolute atomic E-state index is 0.0938. The second-order valence-corrected chi connectivity index (χ2v) is 5.52. The fourth-order valence-corrected chi connectivity index (χ4v) is 2.31. The Morgan fingerprint density at radius 1 is 1.04 bits per heavy atom. The highest BCUT2D eigenvalue weighted by atomic mass is 19.4. The number of halogens is 3. The predicted molar refractivity (Wildman–Crippen MR) is 86.0 cm³/mol. The fourth-order valence-electron chi connectivity index (χ4n) is 2.31. The van der Waals surface area contributed by atoms with Crippen LogP contribution in [0.4, 0.5) is 18.9 Å². The zero-order chi connectivity index (χ0) is 17.3. The maximum Gasteiger partial charge on any atom is 0.449 e. The number of alkyl halides is 3. The Kier molecular flexibility index (Phi) is 4.05. The van der Waals surface area contributed by atoms with Crippen LogP contribution in [-0.4, -0.2) is 0 Å². The van der Waals surface area contributed by atoms with E-state index in [0.29, 0.717) is 18.3 Å². The average molecular weight is 333 g/mol. The lowest BCUT2D eigenvalue weighted by molar-refractivity contribution is -0.152. The minimum Gasteiger partial charge on any atom is -0.451 e. The highest BCUT2D eigenvalue weighted by Crippen LogP contribution is 2.30. The first-order valence-corrected chi connectivity index (χ1v) is 7.27. The molecule has 0 saturated heterocycles. The molecule has 0 atom stereocenters. The van der Waals surface area contributed by atoms with E-state index in [1.54, 1.807) is 6.07 Å². The molecule has 3 rings (SSSR count). The molecule has 2 aromatic carbocycles. The SMILES string of the molecule is Cc1ccc(CNc2ccc3c(=O)cc(C(F)(F)F)oc3c2)cc1. The smallest absolute Gasteiger partial charge is 0.449 e. The first-order chi connectivity index (χ1) is 11.3. The van der Waals surface area contributed by atoms with Crippen LogP contribution >= 0.6 is 0 Å². The summed E-state index contributed by atoms with van der Waals surface area (Å²) < 4.78 is 43.1. The Bertz CT molecular complexity index is 928. The lowest BCUT2D eigenvalue weighted by Crippen LogP contribution is -2.11. The predicted octanol–water partition coefficient (Wildman–Crippen LogP) is 4.73. The minimum atomic E-state index is -4.70. The van der Waals surface area contributed by atoms with Crippen molar-refractivity contribution in [2.75, 3.05) is 5.32 Å². The summed E-state index contributed by atoms with van der Waals surface area (Å²) >= 11 is 0. The van der Waals surface area contributed by atoms with Gasteiger partial charge in [0.1, 0.15) is 5.58 Å². The quantitative estimate of drug-likeness (QED) is 0.753. The molecule has 0 amide bonds. The van der Waals surface area contributed by atoms with Gasteiger partial charge in [-0.1, -0.05) is 29.8 Å². The van der Waals surface area contributed by atoms with Crippen LogP contribution in [0.15, 0.2) is 57.7 Å². The number of anilines is 1. The summed E-state index contributed by atoms with van der Waals surface area (Å²) in [5, 5.41) is 3.22. The van der Waals surface area contributed by atoms with Gasteiger partial charge in [-0.05, 0) is 24.6 Å². The Labute approximate surface area is 135 Å². The van der Waals surface area contributed by atoms with Gasteiger partial charge in [0.25, 0.3) is 0 Å². The maximum absolute atomic E-state index is 12.8. The molecule has 0 fully saturated rings. The van der Waals surface area contributed by atoms with Gasteiger partial charge in [-0.15, -0.1) is 0 Å². The zero-order valence-electron chi connectivity index (χ0n) is 12.8. The number of aryl methyl sites for hydroxylation is 1. The number of fused-ring (bicyclic) bond motifs is 1. The van der Waals surface area contributed by atoms with E-state index >= 15 is 0 Å². The van der Waals surface area contributed by atoms with Gasteiger partial charge in [-0.2, -0.15) is 13.2 Å². The van der Waals surface area contributed by atoms with Crippen molar-refractivity contribution in [3.05, 3.63) is 75.6 Å². The van der Waals surface area contributed by atoms with Gasteiger partial charge in [0, 0.05) is 24.4 Å². The van der Waals surface area contributed by atoms with Crippen LogP contribution < -0.4 is 10.7 Å². The van der Waals surface area contributed by atoms with Gasteiger partial charge in [-0.3, -0.25) is 4.79 Å². The topological polar surface area (TPSA) is 42.2 Å². The van der Waals surface area contributed by atoms with Crippen LogP contribution in [0.2, 0.25) is 0 Å². The Hall–Kier alpha value is -2.76. The van der Waals surface area contributed by atoms with Crippen molar-refractivity contribution in [3.63, 3.8) is 0 Å². The van der Waals surface area contributed by atoms with Gasteiger partial charge in [-0.25, -0.2) is 0 Å². The molecule has 0 radical (unpaired) electrons. The van der Waals surface area contributed by atoms with E-state index in [1.807, 2.05) is 31.2 Å². The number of hydrogen-bond acceptors (Lipinski definition) is 3. The first kappa shape index (κ1) is 16.1. The molecule has 124 valence electrons. The molecule has 3 aromatic rings. The fraction of sp³-hybridized carbons (Fsp3) is 0.167. The molecule has 0 spiro atoms. The van der Waals surface area contributed by atoms with Crippen LogP contribution in [0.3, 0.4) is 0 Å². The zero-order valence-corrected chi connectivity index (χ0v) is 12.8. The van der Waals surface area contributed by atoms with Crippen LogP contribution in [0.1, 0.15) is 16.9 Å². The second-order valence-electron chi connectivity index (χ2n) is 5.52. The summed E-state index contributed by atoms with van der Waals surface area (Å²) in [5.74, 6) is -1.30. The third kappa shape index (κ3) is 3.42. The van der Waals surface area contributed by atoms with Crippen molar-refractivity contribution in [3.8, 4) is 0 Å². The average Bonchev–Trinajstić information content (AvgIpc) is 2.53. The maximum atomic E-state index is 12.8. The summed E-state index contributed by atoms with van der Waals surface area (Å²) in [6, 6.07) is 12.9. The van der Waals surface area contributed by atoms with E-state index in [0.717, 1.165) is 11.1 Å². The Balaban J connectivity index is 1.89. The van der Waals surface area contributed by atoms with E-state index in [2.05, 4.69) is 5.32 Å². The Morgan fingerprint density at radius 3 is 2.42 bits per heavy atom. The number of nitrogens with one attached hydrogen (secondary N) is 1. The van der Waals surface area contributed by atoms with E-state index in [-0.39, 0.29) is 11.0 Å². The summed E-state index contributed by atoms with van der Waals surface area (Å²) in [7, 11) is 0. The summed E-state index contributed by atoms with van der Waals surface area (Å²) in [6.45, 7) is 2.50. The molecular formula is C18H14F3NO2. The molecule has 0 bridgehead atoms. The first-order valence-electron chi connectivity index (χ1n) is 7.27. The van der Waals surface area contributed by atoms with E-state index < -0.39 is 17.4 Å². The van der Waals surface area contributed by atoms with Gasteiger partial charge in [0.05, 0.1) is 5.39 Å². The van der Waals surface area contributed by atoms with Crippen LogP contribution in [0, 0.1) is 6.92 Å². The van der Waals surface area contributed by atoms with Crippen LogP contribution in [0.5, 0.6) is 0 Å².